The first kappa shape index (κ1) is 14.7. The maximum Gasteiger partial charge on any atom is 0.255 e. The third kappa shape index (κ3) is 4.91. The fraction of sp³-hybridized carbons (Fsp3) is 0.300. The van der Waals surface area contributed by atoms with E-state index in [1.807, 2.05) is 0 Å². The van der Waals surface area contributed by atoms with Crippen molar-refractivity contribution in [2.24, 2.45) is 0 Å². The van der Waals surface area contributed by atoms with Gasteiger partial charge in [-0.15, -0.1) is 0 Å². The summed E-state index contributed by atoms with van der Waals surface area (Å²) in [4.78, 5) is 11.6. The lowest BCUT2D eigenvalue weighted by Gasteiger charge is -2.07. The maximum absolute atomic E-state index is 11.6. The van der Waals surface area contributed by atoms with Gasteiger partial charge in [0.05, 0.1) is 11.8 Å². The molecule has 0 aliphatic rings. The molecule has 1 aromatic rings. The molecule has 1 aromatic carbocycles. The Balaban J connectivity index is 2.53. The Morgan fingerprint density at radius 3 is 2.67 bits per heavy atom. The number of phenols is 1. The van der Waals surface area contributed by atoms with Gasteiger partial charge in [-0.25, -0.2) is 13.1 Å². The highest BCUT2D eigenvalue weighted by molar-refractivity contribution is 7.88. The van der Waals surface area contributed by atoms with Crippen LogP contribution in [0.2, 0.25) is 5.02 Å². The average Bonchev–Trinajstić information content (AvgIpc) is 2.26. The molecule has 0 atom stereocenters. The predicted octanol–water partition coefficient (Wildman–Crippen LogP) is 0.325. The van der Waals surface area contributed by atoms with E-state index in [1.54, 1.807) is 0 Å². The van der Waals surface area contributed by atoms with Crippen molar-refractivity contribution in [3.05, 3.63) is 28.8 Å². The van der Waals surface area contributed by atoms with Crippen LogP contribution in [-0.4, -0.2) is 38.8 Å². The predicted molar refractivity (Wildman–Crippen MR) is 68.3 cm³/mol. The summed E-state index contributed by atoms with van der Waals surface area (Å²) in [6, 6.07) is 4.10. The Morgan fingerprint density at radius 1 is 1.39 bits per heavy atom. The number of carbonyl (C=O) groups is 1. The van der Waals surface area contributed by atoms with E-state index in [0.29, 0.717) is 5.02 Å². The van der Waals surface area contributed by atoms with E-state index in [0.717, 1.165) is 6.26 Å². The summed E-state index contributed by atoms with van der Waals surface area (Å²) in [5.74, 6) is -0.710. The summed E-state index contributed by atoms with van der Waals surface area (Å²) in [5, 5.41) is 12.2. The molecule has 0 radical (unpaired) electrons. The number of sulfonamides is 1. The lowest BCUT2D eigenvalue weighted by Crippen LogP contribution is -2.34. The molecule has 0 saturated carbocycles. The molecule has 0 spiro atoms. The van der Waals surface area contributed by atoms with Crippen LogP contribution < -0.4 is 10.0 Å². The van der Waals surface area contributed by atoms with Gasteiger partial charge in [0.1, 0.15) is 5.75 Å². The highest BCUT2D eigenvalue weighted by Crippen LogP contribution is 2.20. The highest BCUT2D eigenvalue weighted by atomic mass is 35.5. The van der Waals surface area contributed by atoms with E-state index in [1.165, 1.54) is 18.2 Å². The molecule has 100 valence electrons. The lowest BCUT2D eigenvalue weighted by atomic mass is 10.2. The Kier molecular flexibility index (Phi) is 4.94. The Labute approximate surface area is 110 Å². The van der Waals surface area contributed by atoms with Gasteiger partial charge in [0, 0.05) is 18.1 Å². The van der Waals surface area contributed by atoms with Crippen molar-refractivity contribution in [3.8, 4) is 5.75 Å². The molecule has 3 N–H and O–H groups in total. The normalized spacial score (nSPS) is 11.2. The number of nitrogens with one attached hydrogen (secondary N) is 2. The third-order valence-electron chi connectivity index (χ3n) is 1.98. The number of halogens is 1. The second-order valence-corrected chi connectivity index (χ2v) is 5.85. The fourth-order valence-corrected chi connectivity index (χ4v) is 1.84. The molecule has 0 heterocycles. The summed E-state index contributed by atoms with van der Waals surface area (Å²) in [5.41, 5.74) is 0.0434. The number of amides is 1. The molecule has 8 heteroatoms. The minimum Gasteiger partial charge on any atom is -0.507 e. The second kappa shape index (κ2) is 6.03. The molecule has 0 unspecified atom stereocenters. The number of phenolic OH excluding ortho intramolecular Hbond substituents is 1. The molecule has 0 aromatic heterocycles. The van der Waals surface area contributed by atoms with Crippen LogP contribution in [0, 0.1) is 0 Å². The summed E-state index contributed by atoms with van der Waals surface area (Å²) in [7, 11) is -3.27. The molecule has 0 saturated heterocycles. The largest absolute Gasteiger partial charge is 0.507 e. The zero-order chi connectivity index (χ0) is 13.8. The van der Waals surface area contributed by atoms with Crippen LogP contribution in [0.25, 0.3) is 0 Å². The highest BCUT2D eigenvalue weighted by Gasteiger charge is 2.11. The Hall–Kier alpha value is -1.31. The monoisotopic (exact) mass is 292 g/mol. The third-order valence-corrected chi connectivity index (χ3v) is 2.94. The van der Waals surface area contributed by atoms with Crippen molar-refractivity contribution in [1.29, 1.82) is 0 Å². The smallest absolute Gasteiger partial charge is 0.255 e. The molecule has 0 fully saturated rings. The first-order valence-corrected chi connectivity index (χ1v) is 7.28. The number of benzene rings is 1. The second-order valence-electron chi connectivity index (χ2n) is 3.58. The van der Waals surface area contributed by atoms with Crippen molar-refractivity contribution >= 4 is 27.5 Å². The molecular weight excluding hydrogens is 280 g/mol. The van der Waals surface area contributed by atoms with Gasteiger partial charge < -0.3 is 10.4 Å². The van der Waals surface area contributed by atoms with Gasteiger partial charge in [-0.05, 0) is 18.2 Å². The fourth-order valence-electron chi connectivity index (χ4n) is 1.20. The summed E-state index contributed by atoms with van der Waals surface area (Å²) < 4.78 is 23.8. The van der Waals surface area contributed by atoms with Crippen LogP contribution in [0.1, 0.15) is 10.4 Å². The summed E-state index contributed by atoms with van der Waals surface area (Å²) in [6.45, 7) is 0.184. The van der Waals surface area contributed by atoms with Crippen molar-refractivity contribution in [2.75, 3.05) is 19.3 Å². The minimum absolute atomic E-state index is 0.0434. The number of rotatable bonds is 5. The lowest BCUT2D eigenvalue weighted by molar-refractivity contribution is 0.0951. The van der Waals surface area contributed by atoms with Crippen LogP contribution in [0.3, 0.4) is 0 Å². The van der Waals surface area contributed by atoms with Gasteiger partial charge in [0.2, 0.25) is 10.0 Å². The summed E-state index contributed by atoms with van der Waals surface area (Å²) in [6.07, 6.45) is 1.03. The topological polar surface area (TPSA) is 95.5 Å². The van der Waals surface area contributed by atoms with Gasteiger partial charge in [0.15, 0.2) is 0 Å². The molecule has 6 nitrogen and oxygen atoms in total. The zero-order valence-electron chi connectivity index (χ0n) is 9.60. The molecule has 0 aliphatic carbocycles. The van der Waals surface area contributed by atoms with Crippen LogP contribution in [0.15, 0.2) is 18.2 Å². The number of carbonyl (C=O) groups excluding carboxylic acids is 1. The Bertz CT molecular complexity index is 545. The number of hydrogen-bond acceptors (Lipinski definition) is 4. The molecule has 1 rings (SSSR count). The van der Waals surface area contributed by atoms with Gasteiger partial charge in [-0.1, -0.05) is 11.6 Å². The minimum atomic E-state index is -3.27. The van der Waals surface area contributed by atoms with Crippen molar-refractivity contribution in [3.63, 3.8) is 0 Å². The van der Waals surface area contributed by atoms with Crippen LogP contribution >= 0.6 is 11.6 Å². The van der Waals surface area contributed by atoms with Crippen LogP contribution in [-0.2, 0) is 10.0 Å². The molecule has 0 aliphatic heterocycles. The molecule has 1 amide bonds. The van der Waals surface area contributed by atoms with Crippen molar-refractivity contribution in [1.82, 2.24) is 10.0 Å². The SMILES string of the molecule is CS(=O)(=O)NCCNC(=O)c1cc(Cl)ccc1O. The van der Waals surface area contributed by atoms with E-state index in [9.17, 15) is 18.3 Å². The Morgan fingerprint density at radius 2 is 2.06 bits per heavy atom. The average molecular weight is 293 g/mol. The first-order chi connectivity index (χ1) is 8.29. The number of aromatic hydroxyl groups is 1. The van der Waals surface area contributed by atoms with E-state index in [2.05, 4.69) is 10.0 Å². The van der Waals surface area contributed by atoms with Gasteiger partial charge in [-0.3, -0.25) is 4.79 Å². The van der Waals surface area contributed by atoms with E-state index < -0.39 is 15.9 Å². The van der Waals surface area contributed by atoms with E-state index in [-0.39, 0.29) is 24.4 Å². The van der Waals surface area contributed by atoms with Crippen molar-refractivity contribution in [2.45, 2.75) is 0 Å². The van der Waals surface area contributed by atoms with Gasteiger partial charge >= 0.3 is 0 Å². The van der Waals surface area contributed by atoms with Gasteiger partial charge in [0.25, 0.3) is 5.91 Å². The summed E-state index contributed by atoms with van der Waals surface area (Å²) >= 11 is 5.70. The van der Waals surface area contributed by atoms with Crippen LogP contribution in [0.4, 0.5) is 0 Å². The van der Waals surface area contributed by atoms with E-state index in [4.69, 9.17) is 11.6 Å². The molecule has 18 heavy (non-hydrogen) atoms. The maximum atomic E-state index is 11.6. The standard InChI is InChI=1S/C10H13ClN2O4S/c1-18(16,17)13-5-4-12-10(15)8-6-7(11)2-3-9(8)14/h2-3,6,13-14H,4-5H2,1H3,(H,12,15). The molecular formula is C10H13ClN2O4S. The quantitative estimate of drug-likeness (QED) is 0.681. The van der Waals surface area contributed by atoms with Crippen LogP contribution in [0.5, 0.6) is 5.75 Å². The molecule has 0 bridgehead atoms. The first-order valence-electron chi connectivity index (χ1n) is 5.01. The van der Waals surface area contributed by atoms with E-state index >= 15 is 0 Å². The van der Waals surface area contributed by atoms with Gasteiger partial charge in [-0.2, -0.15) is 0 Å². The number of hydrogen-bond donors (Lipinski definition) is 3. The van der Waals surface area contributed by atoms with Crippen molar-refractivity contribution < 1.29 is 18.3 Å². The zero-order valence-corrected chi connectivity index (χ0v) is 11.2.